The first-order chi connectivity index (χ1) is 21.1. The van der Waals surface area contributed by atoms with Crippen molar-refractivity contribution in [1.29, 1.82) is 0 Å². The van der Waals surface area contributed by atoms with Crippen LogP contribution in [-0.4, -0.2) is 75.1 Å². The van der Waals surface area contributed by atoms with E-state index in [1.807, 2.05) is 97.9 Å². The molecule has 1 heterocycles. The van der Waals surface area contributed by atoms with Gasteiger partial charge < -0.3 is 29.7 Å². The molecule has 0 aliphatic carbocycles. The first-order valence-electron chi connectivity index (χ1n) is 14.2. The fourth-order valence-electron chi connectivity index (χ4n) is 5.53. The zero-order valence-electron chi connectivity index (χ0n) is 24.5. The Hall–Kier alpha value is -4.80. The van der Waals surface area contributed by atoms with Crippen LogP contribution in [0.3, 0.4) is 0 Å². The number of aliphatic carboxylic acids is 3. The average Bonchev–Trinajstić information content (AvgIpc) is 3.48. The van der Waals surface area contributed by atoms with Crippen LogP contribution in [0.4, 0.5) is 0 Å². The molecule has 0 spiro atoms. The van der Waals surface area contributed by atoms with E-state index < -0.39 is 54.9 Å². The van der Waals surface area contributed by atoms with Crippen molar-refractivity contribution in [2.24, 2.45) is 0 Å². The second kappa shape index (κ2) is 14.1. The lowest BCUT2D eigenvalue weighted by molar-refractivity contribution is -0.218. The van der Waals surface area contributed by atoms with E-state index in [0.29, 0.717) is 12.8 Å². The number of aryl methyl sites for hydroxylation is 1. The minimum Gasteiger partial charge on any atom is -0.480 e. The first kappa shape index (κ1) is 32.1. The Kier molecular flexibility index (Phi) is 10.3. The lowest BCUT2D eigenvalue weighted by atomic mass is 9.83. The quantitative estimate of drug-likeness (QED) is 0.237. The van der Waals surface area contributed by atoms with E-state index in [2.05, 4.69) is 0 Å². The molecule has 1 saturated heterocycles. The number of amides is 1. The van der Waals surface area contributed by atoms with Crippen molar-refractivity contribution in [2.45, 2.75) is 50.5 Å². The number of hydrogen-bond donors (Lipinski definition) is 3. The Bertz CT molecular complexity index is 1510. The highest BCUT2D eigenvalue weighted by Gasteiger charge is 2.58. The summed E-state index contributed by atoms with van der Waals surface area (Å²) in [4.78, 5) is 50.2. The van der Waals surface area contributed by atoms with Crippen molar-refractivity contribution in [3.8, 4) is 11.1 Å². The highest BCUT2D eigenvalue weighted by atomic mass is 16.8. The predicted octanol–water partition coefficient (Wildman–Crippen LogP) is 4.69. The Morgan fingerprint density at radius 3 is 2.16 bits per heavy atom. The van der Waals surface area contributed by atoms with Gasteiger partial charge in [0.2, 0.25) is 0 Å². The Morgan fingerprint density at radius 2 is 1.59 bits per heavy atom. The van der Waals surface area contributed by atoms with Crippen LogP contribution in [0.2, 0.25) is 0 Å². The number of carboxylic acids is 3. The fraction of sp³-hybridized carbons (Fsp3) is 0.294. The molecule has 1 amide bonds. The van der Waals surface area contributed by atoms with Gasteiger partial charge in [-0.3, -0.25) is 9.59 Å². The van der Waals surface area contributed by atoms with Gasteiger partial charge in [0.05, 0.1) is 6.61 Å². The van der Waals surface area contributed by atoms with E-state index in [9.17, 15) is 34.5 Å². The van der Waals surface area contributed by atoms with Gasteiger partial charge >= 0.3 is 23.7 Å². The van der Waals surface area contributed by atoms with Crippen LogP contribution >= 0.6 is 0 Å². The summed E-state index contributed by atoms with van der Waals surface area (Å²) in [5.74, 6) is -9.42. The van der Waals surface area contributed by atoms with Crippen molar-refractivity contribution < 1.29 is 44.0 Å². The molecular formula is C34H35NO9. The van der Waals surface area contributed by atoms with Gasteiger partial charge in [0.1, 0.15) is 6.54 Å². The molecule has 3 atom stereocenters. The lowest BCUT2D eigenvalue weighted by Crippen LogP contribution is -2.52. The molecule has 1 aliphatic heterocycles. The predicted molar refractivity (Wildman–Crippen MR) is 162 cm³/mol. The van der Waals surface area contributed by atoms with Crippen LogP contribution in [0, 0.1) is 0 Å². The van der Waals surface area contributed by atoms with Gasteiger partial charge in [0.15, 0.2) is 6.10 Å². The summed E-state index contributed by atoms with van der Waals surface area (Å²) in [5, 5.41) is 28.7. The van der Waals surface area contributed by atoms with Gasteiger partial charge in [-0.15, -0.1) is 0 Å². The Labute approximate surface area is 255 Å². The molecule has 3 aromatic rings. The minimum absolute atomic E-state index is 0.363. The summed E-state index contributed by atoms with van der Waals surface area (Å²) >= 11 is 0. The zero-order valence-corrected chi connectivity index (χ0v) is 24.5. The molecule has 4 rings (SSSR count). The van der Waals surface area contributed by atoms with Gasteiger partial charge in [0, 0.05) is 12.0 Å². The maximum absolute atomic E-state index is 13.7. The summed E-state index contributed by atoms with van der Waals surface area (Å²) in [5.41, 5.74) is 4.93. The third-order valence-electron chi connectivity index (χ3n) is 7.77. The van der Waals surface area contributed by atoms with E-state index in [0.717, 1.165) is 32.7 Å². The molecule has 1 fully saturated rings. The maximum Gasteiger partial charge on any atom is 0.377 e. The summed E-state index contributed by atoms with van der Waals surface area (Å²) in [6, 6.07) is 25.0. The summed E-state index contributed by atoms with van der Waals surface area (Å²) < 4.78 is 10.1. The van der Waals surface area contributed by atoms with Crippen molar-refractivity contribution in [1.82, 2.24) is 4.90 Å². The smallest absolute Gasteiger partial charge is 0.377 e. The molecule has 3 N–H and O–H groups in total. The summed E-state index contributed by atoms with van der Waals surface area (Å²) in [7, 11) is 0. The number of nitrogens with zero attached hydrogens (tertiary/aromatic N) is 1. The number of benzene rings is 3. The van der Waals surface area contributed by atoms with Gasteiger partial charge in [-0.25, -0.2) is 9.59 Å². The molecule has 1 aliphatic rings. The van der Waals surface area contributed by atoms with Crippen LogP contribution in [0.25, 0.3) is 17.2 Å². The van der Waals surface area contributed by atoms with E-state index >= 15 is 0 Å². The number of carbonyl (C=O) groups excluding carboxylic acids is 1. The van der Waals surface area contributed by atoms with Gasteiger partial charge in [-0.05, 0) is 54.5 Å². The molecule has 0 bridgehead atoms. The molecule has 0 saturated carbocycles. The average molecular weight is 602 g/mol. The van der Waals surface area contributed by atoms with Crippen molar-refractivity contribution >= 4 is 29.9 Å². The van der Waals surface area contributed by atoms with Crippen LogP contribution in [-0.2, 0) is 35.1 Å². The largest absolute Gasteiger partial charge is 0.480 e. The van der Waals surface area contributed by atoms with Crippen molar-refractivity contribution in [2.75, 3.05) is 13.2 Å². The van der Waals surface area contributed by atoms with E-state index in [1.54, 1.807) is 6.92 Å². The number of ether oxygens (including phenoxy) is 2. The molecule has 10 heteroatoms. The maximum atomic E-state index is 13.7. The molecule has 230 valence electrons. The van der Waals surface area contributed by atoms with Gasteiger partial charge in [0.25, 0.3) is 5.91 Å². The van der Waals surface area contributed by atoms with Crippen LogP contribution in [0.15, 0.2) is 84.9 Å². The van der Waals surface area contributed by atoms with Gasteiger partial charge in [-0.1, -0.05) is 91.0 Å². The molecular weight excluding hydrogens is 566 g/mol. The third-order valence-corrected chi connectivity index (χ3v) is 7.77. The number of carbonyl (C=O) groups is 4. The highest BCUT2D eigenvalue weighted by Crippen LogP contribution is 2.35. The standard InChI is InChI=1S/C34H35NO9/c1-3-10-25-19-26(16-18-28(25)24-13-8-5-9-14-24)27(17-15-23-11-6-4-7-12-23)22(2)35(20-30(36)37)31(38)29-21-43-34(44-29,32(39)40)33(41)42/h3-14,16,18-19,22,27,29H,15,17,20-21H2,1-2H3,(H,36,37)(H,39,40)(H,41,42)/b10-3-. The van der Waals surface area contributed by atoms with E-state index in [4.69, 9.17) is 9.47 Å². The molecule has 3 unspecified atom stereocenters. The summed E-state index contributed by atoms with van der Waals surface area (Å²) in [6.07, 6.45) is 3.48. The molecule has 0 radical (unpaired) electrons. The number of rotatable bonds is 13. The normalized spacial score (nSPS) is 17.2. The van der Waals surface area contributed by atoms with Crippen LogP contribution in [0.5, 0.6) is 0 Å². The zero-order chi connectivity index (χ0) is 31.9. The van der Waals surface area contributed by atoms with E-state index in [1.165, 1.54) is 0 Å². The minimum atomic E-state index is -3.06. The molecule has 10 nitrogen and oxygen atoms in total. The van der Waals surface area contributed by atoms with Crippen molar-refractivity contribution in [3.63, 3.8) is 0 Å². The van der Waals surface area contributed by atoms with Crippen LogP contribution < -0.4 is 0 Å². The molecule has 44 heavy (non-hydrogen) atoms. The molecule has 0 aromatic heterocycles. The number of carboxylic acid groups (broad SMARTS) is 3. The number of hydrogen-bond acceptors (Lipinski definition) is 6. The molecule has 3 aromatic carbocycles. The second-order valence-corrected chi connectivity index (χ2v) is 10.6. The summed E-state index contributed by atoms with van der Waals surface area (Å²) in [6.45, 7) is 2.28. The van der Waals surface area contributed by atoms with Gasteiger partial charge in [-0.2, -0.15) is 0 Å². The monoisotopic (exact) mass is 601 g/mol. The first-order valence-corrected chi connectivity index (χ1v) is 14.2. The number of allylic oxidation sites excluding steroid dienone is 1. The van der Waals surface area contributed by atoms with Crippen LogP contribution in [0.1, 0.15) is 42.9 Å². The Balaban J connectivity index is 1.73. The topological polar surface area (TPSA) is 151 Å². The van der Waals surface area contributed by atoms with Crippen molar-refractivity contribution in [3.05, 3.63) is 102 Å². The lowest BCUT2D eigenvalue weighted by Gasteiger charge is -2.36. The highest BCUT2D eigenvalue weighted by molar-refractivity contribution is 6.01. The third kappa shape index (κ3) is 7.04. The SMILES string of the molecule is C/C=C\c1cc(C(CCc2ccccc2)C(C)N(CC(=O)O)C(=O)C2COC(C(=O)O)(C(=O)O)O2)ccc1-c1ccccc1. The van der Waals surface area contributed by atoms with E-state index in [-0.39, 0.29) is 5.92 Å². The Morgan fingerprint density at radius 1 is 0.955 bits per heavy atom. The fourth-order valence-corrected chi connectivity index (χ4v) is 5.53. The second-order valence-electron chi connectivity index (χ2n) is 10.6.